The maximum Gasteiger partial charge on any atom is 0.350 e. The van der Waals surface area contributed by atoms with Gasteiger partial charge in [0.25, 0.3) is 0 Å². The van der Waals surface area contributed by atoms with Crippen molar-refractivity contribution in [3.8, 4) is 0 Å². The number of carbonyl (C=O) groups excluding carboxylic acids is 1. The molecule has 1 saturated heterocycles. The number of hydrogen-bond donors (Lipinski definition) is 2. The van der Waals surface area contributed by atoms with Crippen molar-refractivity contribution < 1.29 is 9.53 Å². The number of hydrogen-bond acceptors (Lipinski definition) is 7. The fraction of sp³-hybridized carbons (Fsp3) is 0.750. The second-order valence-corrected chi connectivity index (χ2v) is 8.43. The Bertz CT molecular complexity index is 684. The number of esters is 1. The molecule has 0 bridgehead atoms. The van der Waals surface area contributed by atoms with Crippen LogP contribution in [0.5, 0.6) is 0 Å². The number of nitrogens with one attached hydrogen (secondary N) is 2. The van der Waals surface area contributed by atoms with E-state index in [4.69, 9.17) is 4.74 Å². The van der Waals surface area contributed by atoms with Crippen LogP contribution in [0.1, 0.15) is 53.1 Å². The van der Waals surface area contributed by atoms with Crippen molar-refractivity contribution in [1.29, 1.82) is 0 Å². The molecule has 0 radical (unpaired) electrons. The lowest BCUT2D eigenvalue weighted by molar-refractivity contribution is 0.0531. The summed E-state index contributed by atoms with van der Waals surface area (Å²) in [7, 11) is 3.96. The van der Waals surface area contributed by atoms with Crippen LogP contribution in [-0.2, 0) is 4.74 Å². The zero-order chi connectivity index (χ0) is 21.2. The predicted molar refractivity (Wildman–Crippen MR) is 134 cm³/mol. The summed E-state index contributed by atoms with van der Waals surface area (Å²) >= 11 is 1.38. The molecule has 0 spiro atoms. The standard InChI is InChI=1S/C20H36N6O2S.HI/c1-6-28-19(27)17-15(2)23-18(29-17)16(3)24-20(21-4)22-9-7-11-26-12-8-10-25(5)13-14-26;/h16H,6-14H2,1-5H3,(H2,21,22,24);1H. The highest BCUT2D eigenvalue weighted by atomic mass is 127. The van der Waals surface area contributed by atoms with Gasteiger partial charge in [-0.25, -0.2) is 9.78 Å². The molecule has 8 nitrogen and oxygen atoms in total. The Morgan fingerprint density at radius 3 is 2.80 bits per heavy atom. The van der Waals surface area contributed by atoms with Crippen molar-refractivity contribution in [3.63, 3.8) is 0 Å². The van der Waals surface area contributed by atoms with E-state index in [0.29, 0.717) is 17.2 Å². The van der Waals surface area contributed by atoms with E-state index in [1.165, 1.54) is 30.8 Å². The van der Waals surface area contributed by atoms with Gasteiger partial charge in [0.2, 0.25) is 0 Å². The van der Waals surface area contributed by atoms with E-state index in [0.717, 1.165) is 43.6 Å². The van der Waals surface area contributed by atoms with E-state index >= 15 is 0 Å². The van der Waals surface area contributed by atoms with E-state index in [1.807, 2.05) is 13.8 Å². The van der Waals surface area contributed by atoms with Crippen molar-refractivity contribution in [1.82, 2.24) is 25.4 Å². The van der Waals surface area contributed by atoms with Gasteiger partial charge in [-0.15, -0.1) is 35.3 Å². The number of guanidine groups is 1. The summed E-state index contributed by atoms with van der Waals surface area (Å²) in [6, 6.07) is -0.0470. The lowest BCUT2D eigenvalue weighted by atomic mass is 10.3. The van der Waals surface area contributed by atoms with Gasteiger partial charge in [-0.3, -0.25) is 4.99 Å². The maximum atomic E-state index is 12.0. The van der Waals surface area contributed by atoms with Gasteiger partial charge in [0.1, 0.15) is 9.88 Å². The minimum atomic E-state index is -0.303. The van der Waals surface area contributed by atoms with Crippen LogP contribution >= 0.6 is 35.3 Å². The molecule has 10 heteroatoms. The summed E-state index contributed by atoms with van der Waals surface area (Å²) < 4.78 is 5.10. The number of halogens is 1. The summed E-state index contributed by atoms with van der Waals surface area (Å²) in [5.41, 5.74) is 0.711. The first-order chi connectivity index (χ1) is 13.9. The molecule has 1 fully saturated rings. The number of ether oxygens (including phenoxy) is 1. The number of aryl methyl sites for hydroxylation is 1. The Hall–Kier alpha value is -0.980. The van der Waals surface area contributed by atoms with Gasteiger partial charge in [-0.2, -0.15) is 0 Å². The van der Waals surface area contributed by atoms with Crippen LogP contribution in [0.15, 0.2) is 4.99 Å². The Kier molecular flexibility index (Phi) is 12.8. The summed E-state index contributed by atoms with van der Waals surface area (Å²) in [6.07, 6.45) is 2.31. The normalized spacial score (nSPS) is 17.0. The largest absolute Gasteiger partial charge is 0.462 e. The molecular formula is C20H37IN6O2S. The Morgan fingerprint density at radius 1 is 1.33 bits per heavy atom. The van der Waals surface area contributed by atoms with Crippen molar-refractivity contribution >= 4 is 47.2 Å². The molecule has 0 aromatic carbocycles. The summed E-state index contributed by atoms with van der Waals surface area (Å²) in [5, 5.41) is 7.60. The predicted octanol–water partition coefficient (Wildman–Crippen LogP) is 2.50. The van der Waals surface area contributed by atoms with Crippen molar-refractivity contribution in [2.75, 3.05) is 60.0 Å². The van der Waals surface area contributed by atoms with Crippen LogP contribution in [0.3, 0.4) is 0 Å². The van der Waals surface area contributed by atoms with E-state index in [1.54, 1.807) is 14.0 Å². The van der Waals surface area contributed by atoms with Gasteiger partial charge in [-0.1, -0.05) is 0 Å². The molecule has 2 N–H and O–H groups in total. The monoisotopic (exact) mass is 552 g/mol. The van der Waals surface area contributed by atoms with Gasteiger partial charge >= 0.3 is 5.97 Å². The highest BCUT2D eigenvalue weighted by molar-refractivity contribution is 14.0. The van der Waals surface area contributed by atoms with Crippen LogP contribution in [0.2, 0.25) is 0 Å². The van der Waals surface area contributed by atoms with E-state index in [2.05, 4.69) is 37.5 Å². The number of aliphatic imine (C=N–C) groups is 1. The molecule has 1 aliphatic heterocycles. The number of carbonyl (C=O) groups is 1. The van der Waals surface area contributed by atoms with Crippen LogP contribution in [-0.4, -0.2) is 86.7 Å². The van der Waals surface area contributed by atoms with E-state index in [-0.39, 0.29) is 36.0 Å². The van der Waals surface area contributed by atoms with Crippen LogP contribution < -0.4 is 10.6 Å². The summed E-state index contributed by atoms with van der Waals surface area (Å²) in [5.74, 6) is 0.446. The third kappa shape index (κ3) is 8.64. The van der Waals surface area contributed by atoms with E-state index in [9.17, 15) is 4.79 Å². The number of aromatic nitrogens is 1. The SMILES string of the molecule is CCOC(=O)c1sc(C(C)NC(=NC)NCCCN2CCCN(C)CC2)nc1C.I. The van der Waals surface area contributed by atoms with Crippen LogP contribution in [0, 0.1) is 6.92 Å². The van der Waals surface area contributed by atoms with Gasteiger partial charge in [0.05, 0.1) is 18.3 Å². The average molecular weight is 553 g/mol. The number of nitrogens with zero attached hydrogens (tertiary/aromatic N) is 4. The molecule has 30 heavy (non-hydrogen) atoms. The molecular weight excluding hydrogens is 515 g/mol. The highest BCUT2D eigenvalue weighted by Gasteiger charge is 2.20. The Balaban J connectivity index is 0.00000450. The van der Waals surface area contributed by atoms with Gasteiger partial charge in [-0.05, 0) is 60.3 Å². The zero-order valence-corrected chi connectivity index (χ0v) is 22.0. The molecule has 1 aromatic rings. The maximum absolute atomic E-state index is 12.0. The van der Waals surface area contributed by atoms with Gasteiger partial charge < -0.3 is 25.2 Å². The highest BCUT2D eigenvalue weighted by Crippen LogP contribution is 2.24. The summed E-state index contributed by atoms with van der Waals surface area (Å²) in [4.78, 5) is 26.4. The first kappa shape index (κ1) is 27.1. The molecule has 1 aromatic heterocycles. The van der Waals surface area contributed by atoms with Crippen LogP contribution in [0.25, 0.3) is 0 Å². The minimum Gasteiger partial charge on any atom is -0.462 e. The molecule has 1 unspecified atom stereocenters. The van der Waals surface area contributed by atoms with Gasteiger partial charge in [0, 0.05) is 26.7 Å². The molecule has 172 valence electrons. The van der Waals surface area contributed by atoms with E-state index < -0.39 is 0 Å². The minimum absolute atomic E-state index is 0. The second-order valence-electron chi connectivity index (χ2n) is 7.40. The quantitative estimate of drug-likeness (QED) is 0.169. The number of thiazole rings is 1. The van der Waals surface area contributed by atoms with Crippen molar-refractivity contribution in [3.05, 3.63) is 15.6 Å². The first-order valence-corrected chi connectivity index (χ1v) is 11.3. The van der Waals surface area contributed by atoms with Crippen molar-refractivity contribution in [2.45, 2.75) is 39.7 Å². The molecule has 2 heterocycles. The number of rotatable bonds is 8. The van der Waals surface area contributed by atoms with Gasteiger partial charge in [0.15, 0.2) is 5.96 Å². The topological polar surface area (TPSA) is 82.1 Å². The third-order valence-corrected chi connectivity index (χ3v) is 6.30. The third-order valence-electron chi connectivity index (χ3n) is 4.98. The molecule has 0 saturated carbocycles. The smallest absolute Gasteiger partial charge is 0.350 e. The fourth-order valence-corrected chi connectivity index (χ4v) is 4.25. The Morgan fingerprint density at radius 2 is 2.10 bits per heavy atom. The molecule has 2 rings (SSSR count). The first-order valence-electron chi connectivity index (χ1n) is 10.5. The molecule has 0 amide bonds. The average Bonchev–Trinajstić information content (AvgIpc) is 2.97. The summed E-state index contributed by atoms with van der Waals surface area (Å²) in [6.45, 7) is 12.7. The fourth-order valence-electron chi connectivity index (χ4n) is 3.28. The van der Waals surface area contributed by atoms with Crippen LogP contribution in [0.4, 0.5) is 0 Å². The lowest BCUT2D eigenvalue weighted by Gasteiger charge is -2.21. The molecule has 1 atom stereocenters. The second kappa shape index (κ2) is 14.2. The molecule has 0 aliphatic carbocycles. The molecule has 1 aliphatic rings. The Labute approximate surface area is 201 Å². The lowest BCUT2D eigenvalue weighted by Crippen LogP contribution is -2.40. The number of likely N-dealkylation sites (N-methyl/N-ethyl adjacent to an activating group) is 1. The zero-order valence-electron chi connectivity index (χ0n) is 18.9. The van der Waals surface area contributed by atoms with Crippen molar-refractivity contribution in [2.24, 2.45) is 4.99 Å².